The quantitative estimate of drug-likeness (QED) is 0.0126. The van der Waals surface area contributed by atoms with Gasteiger partial charge >= 0.3 is 19.8 Å². The molecule has 10 heteroatoms. The predicted octanol–water partition coefficient (Wildman–Crippen LogP) is 12.0. The first-order valence-corrected chi connectivity index (χ1v) is 22.9. The van der Waals surface area contributed by atoms with Gasteiger partial charge in [0.2, 0.25) is 0 Å². The molecule has 320 valence electrons. The summed E-state index contributed by atoms with van der Waals surface area (Å²) in [6.45, 7) is 4.17. The summed E-state index contributed by atoms with van der Waals surface area (Å²) in [6, 6.07) is 0. The molecule has 0 radical (unpaired) electrons. The van der Waals surface area contributed by atoms with Gasteiger partial charge in [0.05, 0.1) is 27.7 Å². The number of likely N-dealkylation sites (N-methyl/N-ethyl adjacent to an activating group) is 1. The SMILES string of the molecule is CCCCCC/C=C\CCCCCCCC(=O)OC[C@H](COP(=O)(O)OCC[N+](C)(C)C)OC(=O)C=CC=CC=CC=CC=CC=CCCCCCCCCC. The van der Waals surface area contributed by atoms with Crippen LogP contribution in [-0.4, -0.2) is 74.9 Å². The summed E-state index contributed by atoms with van der Waals surface area (Å²) in [4.78, 5) is 35.1. The average molecular weight is 805 g/mol. The fourth-order valence-corrected chi connectivity index (χ4v) is 5.99. The van der Waals surface area contributed by atoms with Crippen molar-refractivity contribution >= 4 is 19.8 Å². The minimum absolute atomic E-state index is 0.000696. The summed E-state index contributed by atoms with van der Waals surface area (Å²) in [6.07, 6.45) is 48.5. The Balaban J connectivity index is 4.67. The first kappa shape index (κ1) is 53.2. The van der Waals surface area contributed by atoms with Gasteiger partial charge in [-0.3, -0.25) is 13.8 Å². The fraction of sp³-hybridized carbons (Fsp3) is 0.652. The van der Waals surface area contributed by atoms with Crippen LogP contribution in [-0.2, 0) is 32.7 Å². The Morgan fingerprint density at radius 3 is 1.61 bits per heavy atom. The second-order valence-electron chi connectivity index (χ2n) is 15.2. The standard InChI is InChI=1S/C46H78NO8P/c1-6-8-10-12-14-16-18-20-21-22-23-24-25-27-29-31-33-35-37-39-46(49)55-44(43-54-56(50,51)53-41-40-47(3,4)5)42-52-45(48)38-36-34-32-30-28-26-19-17-15-13-11-9-7-2/h17,19,21-25,27,29,31,33,35,37,39,44H,6-16,18,20,26,28,30,32,34,36,38,40-43H2,1-5H3/p+1/b19-17-,22-21?,24-23?,27-25?,31-29?,35-33?,39-37?/t44-/m1/s1. The van der Waals surface area contributed by atoms with Crippen LogP contribution in [0.15, 0.2) is 85.1 Å². The van der Waals surface area contributed by atoms with E-state index >= 15 is 0 Å². The Morgan fingerprint density at radius 2 is 1.05 bits per heavy atom. The Kier molecular flexibility index (Phi) is 35.9. The predicted molar refractivity (Wildman–Crippen MR) is 233 cm³/mol. The van der Waals surface area contributed by atoms with Crippen molar-refractivity contribution in [2.75, 3.05) is 47.5 Å². The molecule has 0 aliphatic heterocycles. The van der Waals surface area contributed by atoms with Gasteiger partial charge in [-0.1, -0.05) is 170 Å². The minimum atomic E-state index is -4.42. The number of carbonyl (C=O) groups is 2. The third kappa shape index (κ3) is 40.8. The topological polar surface area (TPSA) is 108 Å². The van der Waals surface area contributed by atoms with E-state index in [1.54, 1.807) is 12.2 Å². The molecule has 56 heavy (non-hydrogen) atoms. The fourth-order valence-electron chi connectivity index (χ4n) is 5.25. The summed E-state index contributed by atoms with van der Waals surface area (Å²) >= 11 is 0. The Hall–Kier alpha value is -2.81. The van der Waals surface area contributed by atoms with Gasteiger partial charge in [-0.25, -0.2) is 9.36 Å². The van der Waals surface area contributed by atoms with Gasteiger partial charge in [-0.05, 0) is 44.9 Å². The number of hydrogen-bond donors (Lipinski definition) is 1. The molecule has 0 aromatic heterocycles. The molecular weight excluding hydrogens is 725 g/mol. The van der Waals surface area contributed by atoms with E-state index in [-0.39, 0.29) is 19.6 Å². The summed E-state index contributed by atoms with van der Waals surface area (Å²) in [5.41, 5.74) is 0. The van der Waals surface area contributed by atoms with Crippen molar-refractivity contribution in [2.24, 2.45) is 0 Å². The highest BCUT2D eigenvalue weighted by atomic mass is 31.2. The minimum Gasteiger partial charge on any atom is -0.462 e. The monoisotopic (exact) mass is 805 g/mol. The second-order valence-corrected chi connectivity index (χ2v) is 16.7. The van der Waals surface area contributed by atoms with E-state index in [2.05, 4.69) is 38.2 Å². The van der Waals surface area contributed by atoms with Crippen molar-refractivity contribution in [3.63, 3.8) is 0 Å². The van der Waals surface area contributed by atoms with E-state index in [1.807, 2.05) is 57.6 Å². The molecule has 9 nitrogen and oxygen atoms in total. The number of phosphoric acid groups is 1. The number of esters is 2. The molecule has 0 bridgehead atoms. The molecule has 1 unspecified atom stereocenters. The lowest BCUT2D eigenvalue weighted by Crippen LogP contribution is -2.37. The van der Waals surface area contributed by atoms with Crippen molar-refractivity contribution in [1.29, 1.82) is 0 Å². The zero-order chi connectivity index (χ0) is 41.4. The van der Waals surface area contributed by atoms with Gasteiger partial charge < -0.3 is 18.9 Å². The number of nitrogens with zero attached hydrogens (tertiary/aromatic N) is 1. The molecule has 1 N–H and O–H groups in total. The molecule has 0 saturated carbocycles. The number of rotatable bonds is 37. The molecule has 0 aromatic rings. The van der Waals surface area contributed by atoms with Gasteiger partial charge in [0.15, 0.2) is 6.10 Å². The molecular formula is C46H79NO8P+. The lowest BCUT2D eigenvalue weighted by Gasteiger charge is -2.24. The van der Waals surface area contributed by atoms with E-state index in [9.17, 15) is 19.0 Å². The largest absolute Gasteiger partial charge is 0.472 e. The third-order valence-electron chi connectivity index (χ3n) is 8.64. The summed E-state index contributed by atoms with van der Waals surface area (Å²) in [5.74, 6) is -1.13. The van der Waals surface area contributed by atoms with Crippen LogP contribution in [0.5, 0.6) is 0 Å². The number of unbranched alkanes of at least 4 members (excludes halogenated alkanes) is 16. The van der Waals surface area contributed by atoms with Gasteiger partial charge in [0.25, 0.3) is 0 Å². The molecule has 0 saturated heterocycles. The molecule has 0 aliphatic carbocycles. The first-order valence-electron chi connectivity index (χ1n) is 21.4. The summed E-state index contributed by atoms with van der Waals surface area (Å²) < 4.78 is 33.9. The zero-order valence-electron chi connectivity index (χ0n) is 35.8. The molecule has 0 heterocycles. The molecule has 0 fully saturated rings. The Bertz CT molecular complexity index is 1230. The van der Waals surface area contributed by atoms with Gasteiger partial charge in [-0.2, -0.15) is 0 Å². The highest BCUT2D eigenvalue weighted by Crippen LogP contribution is 2.43. The third-order valence-corrected chi connectivity index (χ3v) is 9.62. The van der Waals surface area contributed by atoms with Crippen molar-refractivity contribution in [1.82, 2.24) is 0 Å². The Labute approximate surface area is 341 Å². The van der Waals surface area contributed by atoms with E-state index < -0.39 is 32.5 Å². The van der Waals surface area contributed by atoms with Gasteiger partial charge in [-0.15, -0.1) is 0 Å². The molecule has 0 aliphatic rings. The molecule has 2 atom stereocenters. The number of hydrogen-bond acceptors (Lipinski definition) is 7. The van der Waals surface area contributed by atoms with Crippen LogP contribution < -0.4 is 0 Å². The van der Waals surface area contributed by atoms with Crippen LogP contribution in [0.25, 0.3) is 0 Å². The summed E-state index contributed by atoms with van der Waals surface area (Å²) in [7, 11) is 1.37. The first-order chi connectivity index (χ1) is 27.0. The van der Waals surface area contributed by atoms with Crippen molar-refractivity contribution in [3.8, 4) is 0 Å². The number of carbonyl (C=O) groups excluding carboxylic acids is 2. The maximum absolute atomic E-state index is 12.5. The van der Waals surface area contributed by atoms with E-state index in [0.29, 0.717) is 17.4 Å². The maximum atomic E-state index is 12.5. The summed E-state index contributed by atoms with van der Waals surface area (Å²) in [5, 5.41) is 0. The molecule has 0 aromatic carbocycles. The van der Waals surface area contributed by atoms with Gasteiger partial charge in [0.1, 0.15) is 19.8 Å². The number of phosphoric ester groups is 1. The van der Waals surface area contributed by atoms with Crippen molar-refractivity contribution < 1.29 is 42.1 Å². The molecule has 0 spiro atoms. The van der Waals surface area contributed by atoms with Gasteiger partial charge in [0, 0.05) is 12.5 Å². The lowest BCUT2D eigenvalue weighted by molar-refractivity contribution is -0.870. The van der Waals surface area contributed by atoms with E-state index in [1.165, 1.54) is 89.2 Å². The molecule has 0 amide bonds. The normalized spacial score (nSPS) is 14.5. The van der Waals surface area contributed by atoms with Crippen LogP contribution >= 0.6 is 7.82 Å². The Morgan fingerprint density at radius 1 is 0.589 bits per heavy atom. The molecule has 0 rings (SSSR count). The zero-order valence-corrected chi connectivity index (χ0v) is 36.7. The van der Waals surface area contributed by atoms with Crippen LogP contribution in [0.4, 0.5) is 0 Å². The number of quaternary nitrogens is 1. The maximum Gasteiger partial charge on any atom is 0.472 e. The van der Waals surface area contributed by atoms with Crippen LogP contribution in [0, 0.1) is 0 Å². The second kappa shape index (κ2) is 37.7. The van der Waals surface area contributed by atoms with Crippen LogP contribution in [0.1, 0.15) is 142 Å². The highest BCUT2D eigenvalue weighted by Gasteiger charge is 2.26. The highest BCUT2D eigenvalue weighted by molar-refractivity contribution is 7.47. The number of allylic oxidation sites excluding steroid dienone is 13. The van der Waals surface area contributed by atoms with Crippen molar-refractivity contribution in [3.05, 3.63) is 85.1 Å². The smallest absolute Gasteiger partial charge is 0.462 e. The van der Waals surface area contributed by atoms with Crippen molar-refractivity contribution in [2.45, 2.75) is 148 Å². The average Bonchev–Trinajstić information content (AvgIpc) is 3.15. The van der Waals surface area contributed by atoms with Crippen LogP contribution in [0.2, 0.25) is 0 Å². The van der Waals surface area contributed by atoms with E-state index in [0.717, 1.165) is 38.5 Å². The lowest BCUT2D eigenvalue weighted by atomic mass is 10.1. The van der Waals surface area contributed by atoms with Crippen LogP contribution in [0.3, 0.4) is 0 Å². The van der Waals surface area contributed by atoms with E-state index in [4.69, 9.17) is 18.5 Å². The number of ether oxygens (including phenoxy) is 2.